The minimum absolute atomic E-state index is 0.0327. The lowest BCUT2D eigenvalue weighted by Crippen LogP contribution is -2.08. The van der Waals surface area contributed by atoms with Gasteiger partial charge >= 0.3 is 0 Å². The van der Waals surface area contributed by atoms with Gasteiger partial charge in [0, 0.05) is 0 Å². The molecule has 5 heteroatoms. The molecule has 0 aromatic carbocycles. The zero-order valence-corrected chi connectivity index (χ0v) is 6.84. The Hall–Kier alpha value is -1.28. The van der Waals surface area contributed by atoms with E-state index >= 15 is 0 Å². The Morgan fingerprint density at radius 3 is 2.91 bits per heavy atom. The lowest BCUT2D eigenvalue weighted by atomic mass is 10.3. The number of nitriles is 1. The van der Waals surface area contributed by atoms with Crippen molar-refractivity contribution in [3.63, 3.8) is 0 Å². The molecule has 0 spiro atoms. The number of aromatic hydroxyl groups is 1. The maximum Gasteiger partial charge on any atom is 0.268 e. The number of H-pyrrole nitrogens is 1. The third-order valence-corrected chi connectivity index (χ3v) is 1.70. The number of nitrogens with zero attached hydrogens (tertiary/aromatic N) is 1. The molecule has 1 rings (SSSR count). The summed E-state index contributed by atoms with van der Waals surface area (Å²) in [5.74, 6) is -0.269. The Morgan fingerprint density at radius 1 is 1.73 bits per heavy atom. The molecule has 1 heterocycles. The third-order valence-electron chi connectivity index (χ3n) is 1.09. The lowest BCUT2D eigenvalue weighted by molar-refractivity contribution is 0.448. The highest BCUT2D eigenvalue weighted by Gasteiger charge is 2.03. The fourth-order valence-electron chi connectivity index (χ4n) is 0.578. The second kappa shape index (κ2) is 2.76. The number of hydrogen-bond acceptors (Lipinski definition) is 3. The Morgan fingerprint density at radius 2 is 2.36 bits per heavy atom. The molecule has 1 aromatic rings. The van der Waals surface area contributed by atoms with Gasteiger partial charge in [-0.1, -0.05) is 0 Å². The van der Waals surface area contributed by atoms with Gasteiger partial charge in [0.15, 0.2) is 0 Å². The van der Waals surface area contributed by atoms with Crippen LogP contribution < -0.4 is 5.56 Å². The Bertz CT molecular complexity index is 377. The summed E-state index contributed by atoms with van der Waals surface area (Å²) < 4.78 is 0.300. The van der Waals surface area contributed by atoms with Crippen LogP contribution in [0, 0.1) is 11.3 Å². The molecule has 0 amide bonds. The molecular formula is C6H3BrN2O2. The van der Waals surface area contributed by atoms with Crippen LogP contribution in [0.1, 0.15) is 5.56 Å². The Labute approximate surface area is 70.2 Å². The molecule has 0 aliphatic rings. The summed E-state index contributed by atoms with van der Waals surface area (Å²) >= 11 is 2.95. The van der Waals surface area contributed by atoms with Crippen LogP contribution in [-0.4, -0.2) is 10.1 Å². The molecule has 0 bridgehead atoms. The minimum atomic E-state index is -0.590. The van der Waals surface area contributed by atoms with Crippen LogP contribution in [0.4, 0.5) is 0 Å². The quantitative estimate of drug-likeness (QED) is 0.669. The smallest absolute Gasteiger partial charge is 0.268 e. The predicted octanol–water partition coefficient (Wildman–Crippen LogP) is 0.715. The second-order valence-electron chi connectivity index (χ2n) is 1.82. The van der Waals surface area contributed by atoms with Crippen LogP contribution in [0.5, 0.6) is 5.88 Å². The van der Waals surface area contributed by atoms with Gasteiger partial charge in [0.2, 0.25) is 5.88 Å². The fraction of sp³-hybridized carbons (Fsp3) is 0. The standard InChI is InChI=1S/C6H3BrN2O2/c7-4-1-3(2-8)5(10)9-6(4)11/h1H,(H2,9,10,11). The Kier molecular flexibility index (Phi) is 1.96. The van der Waals surface area contributed by atoms with Crippen molar-refractivity contribution >= 4 is 15.9 Å². The number of nitrogens with one attached hydrogen (secondary N) is 1. The fourth-order valence-corrected chi connectivity index (χ4v) is 0.906. The zero-order valence-electron chi connectivity index (χ0n) is 5.26. The van der Waals surface area contributed by atoms with E-state index in [9.17, 15) is 4.79 Å². The van der Waals surface area contributed by atoms with Crippen LogP contribution in [0.15, 0.2) is 15.3 Å². The first kappa shape index (κ1) is 7.82. The summed E-state index contributed by atoms with van der Waals surface area (Å²) in [7, 11) is 0. The molecule has 0 aliphatic heterocycles. The highest BCUT2D eigenvalue weighted by molar-refractivity contribution is 9.10. The highest BCUT2D eigenvalue weighted by Crippen LogP contribution is 2.18. The van der Waals surface area contributed by atoms with E-state index in [4.69, 9.17) is 10.4 Å². The summed E-state index contributed by atoms with van der Waals surface area (Å²) in [5, 5.41) is 17.3. The van der Waals surface area contributed by atoms with E-state index in [1.165, 1.54) is 6.07 Å². The summed E-state index contributed by atoms with van der Waals surface area (Å²) in [6, 6.07) is 2.94. The van der Waals surface area contributed by atoms with Crippen molar-refractivity contribution in [2.75, 3.05) is 0 Å². The van der Waals surface area contributed by atoms with E-state index < -0.39 is 5.56 Å². The van der Waals surface area contributed by atoms with Gasteiger partial charge in [-0.2, -0.15) is 5.26 Å². The lowest BCUT2D eigenvalue weighted by Gasteiger charge is -1.94. The van der Waals surface area contributed by atoms with Gasteiger partial charge in [-0.3, -0.25) is 9.78 Å². The van der Waals surface area contributed by atoms with Gasteiger partial charge in [0.05, 0.1) is 4.47 Å². The molecule has 56 valence electrons. The molecule has 0 saturated heterocycles. The van der Waals surface area contributed by atoms with E-state index in [2.05, 4.69) is 20.9 Å². The minimum Gasteiger partial charge on any atom is -0.494 e. The van der Waals surface area contributed by atoms with Crippen molar-refractivity contribution in [1.29, 1.82) is 5.26 Å². The largest absolute Gasteiger partial charge is 0.494 e. The van der Waals surface area contributed by atoms with Crippen molar-refractivity contribution in [2.24, 2.45) is 0 Å². The monoisotopic (exact) mass is 214 g/mol. The third kappa shape index (κ3) is 1.41. The number of rotatable bonds is 0. The first-order valence-corrected chi connectivity index (χ1v) is 3.46. The zero-order chi connectivity index (χ0) is 8.43. The number of aromatic nitrogens is 1. The number of halogens is 1. The van der Waals surface area contributed by atoms with Crippen LogP contribution in [0.25, 0.3) is 0 Å². The molecule has 2 N–H and O–H groups in total. The van der Waals surface area contributed by atoms with Gasteiger partial charge in [-0.15, -0.1) is 0 Å². The molecule has 0 saturated carbocycles. The highest BCUT2D eigenvalue weighted by atomic mass is 79.9. The van der Waals surface area contributed by atoms with Crippen LogP contribution >= 0.6 is 15.9 Å². The predicted molar refractivity (Wildman–Crippen MR) is 41.1 cm³/mol. The first-order chi connectivity index (χ1) is 5.15. The van der Waals surface area contributed by atoms with Gasteiger partial charge in [0.25, 0.3) is 5.56 Å². The SMILES string of the molecule is N#Cc1cc(Br)c(O)[nH]c1=O. The van der Waals surface area contributed by atoms with Gasteiger partial charge < -0.3 is 5.11 Å². The molecule has 11 heavy (non-hydrogen) atoms. The molecule has 0 fully saturated rings. The van der Waals surface area contributed by atoms with Crippen molar-refractivity contribution < 1.29 is 5.11 Å². The second-order valence-corrected chi connectivity index (χ2v) is 2.67. The maximum atomic E-state index is 10.8. The molecule has 0 radical (unpaired) electrons. The normalized spacial score (nSPS) is 9.09. The van der Waals surface area contributed by atoms with E-state index in [-0.39, 0.29) is 11.4 Å². The Balaban J connectivity index is 3.48. The van der Waals surface area contributed by atoms with Crippen LogP contribution in [0.3, 0.4) is 0 Å². The van der Waals surface area contributed by atoms with Crippen LogP contribution in [0.2, 0.25) is 0 Å². The summed E-state index contributed by atoms with van der Waals surface area (Å²) in [4.78, 5) is 12.9. The van der Waals surface area contributed by atoms with E-state index in [1.807, 2.05) is 0 Å². The summed E-state index contributed by atoms with van der Waals surface area (Å²) in [6.45, 7) is 0. The van der Waals surface area contributed by atoms with Crippen LogP contribution in [-0.2, 0) is 0 Å². The number of hydrogen-bond donors (Lipinski definition) is 2. The first-order valence-electron chi connectivity index (χ1n) is 2.67. The van der Waals surface area contributed by atoms with Gasteiger partial charge in [0.1, 0.15) is 11.6 Å². The molecule has 0 unspecified atom stereocenters. The van der Waals surface area contributed by atoms with E-state index in [0.717, 1.165) is 0 Å². The van der Waals surface area contributed by atoms with Crippen molar-refractivity contribution in [2.45, 2.75) is 0 Å². The summed E-state index contributed by atoms with van der Waals surface area (Å²) in [5.41, 5.74) is -0.622. The summed E-state index contributed by atoms with van der Waals surface area (Å²) in [6.07, 6.45) is 0. The van der Waals surface area contributed by atoms with E-state index in [0.29, 0.717) is 4.47 Å². The molecular weight excluding hydrogens is 212 g/mol. The molecule has 0 atom stereocenters. The molecule has 0 aliphatic carbocycles. The van der Waals surface area contributed by atoms with Crippen molar-refractivity contribution in [3.05, 3.63) is 26.5 Å². The number of pyridine rings is 1. The van der Waals surface area contributed by atoms with Crippen molar-refractivity contribution in [3.8, 4) is 11.9 Å². The van der Waals surface area contributed by atoms with Crippen molar-refractivity contribution in [1.82, 2.24) is 4.98 Å². The molecule has 1 aromatic heterocycles. The maximum absolute atomic E-state index is 10.8. The average Bonchev–Trinajstić information content (AvgIpc) is 1.97. The van der Waals surface area contributed by atoms with Gasteiger partial charge in [-0.05, 0) is 22.0 Å². The molecule has 4 nitrogen and oxygen atoms in total. The van der Waals surface area contributed by atoms with Gasteiger partial charge in [-0.25, -0.2) is 0 Å². The van der Waals surface area contributed by atoms with E-state index in [1.54, 1.807) is 6.07 Å². The average molecular weight is 215 g/mol. The topological polar surface area (TPSA) is 76.9 Å². The number of aromatic amines is 1.